The number of ketones is 1. The molecule has 4 atom stereocenters. The van der Waals surface area contributed by atoms with Gasteiger partial charge in [-0.3, -0.25) is 14.4 Å². The molecule has 7 heteroatoms. The molecule has 3 N–H and O–H groups in total. The molecule has 0 aromatic heterocycles. The first kappa shape index (κ1) is 20.6. The first-order chi connectivity index (χ1) is 11.2. The number of primary amides is 1. The summed E-state index contributed by atoms with van der Waals surface area (Å²) < 4.78 is 5.49. The van der Waals surface area contributed by atoms with E-state index in [0.29, 0.717) is 19.3 Å². The van der Waals surface area contributed by atoms with Gasteiger partial charge in [0.25, 0.3) is 0 Å². The van der Waals surface area contributed by atoms with E-state index >= 15 is 0 Å². The summed E-state index contributed by atoms with van der Waals surface area (Å²) in [5.41, 5.74) is 5.28. The third kappa shape index (κ3) is 6.57. The van der Waals surface area contributed by atoms with Crippen LogP contribution in [0.25, 0.3) is 0 Å². The first-order valence-electron chi connectivity index (χ1n) is 8.60. The van der Waals surface area contributed by atoms with E-state index in [2.05, 4.69) is 5.32 Å². The van der Waals surface area contributed by atoms with E-state index in [1.54, 1.807) is 6.92 Å². The van der Waals surface area contributed by atoms with E-state index in [4.69, 9.17) is 10.5 Å². The molecule has 1 saturated heterocycles. The maximum Gasteiger partial charge on any atom is 0.220 e. The molecule has 0 aromatic rings. The molecule has 0 saturated carbocycles. The van der Waals surface area contributed by atoms with Crippen molar-refractivity contribution in [3.05, 3.63) is 0 Å². The van der Waals surface area contributed by atoms with Crippen molar-refractivity contribution in [3.8, 4) is 0 Å². The van der Waals surface area contributed by atoms with E-state index in [0.717, 1.165) is 13.0 Å². The molecule has 0 aromatic carbocycles. The van der Waals surface area contributed by atoms with E-state index in [9.17, 15) is 14.4 Å². The number of nitrogens with zero attached hydrogens (tertiary/aromatic N) is 1. The van der Waals surface area contributed by atoms with Gasteiger partial charge in [0.1, 0.15) is 12.6 Å². The molecule has 1 heterocycles. The third-order valence-corrected chi connectivity index (χ3v) is 4.70. The average molecular weight is 341 g/mol. The van der Waals surface area contributed by atoms with Crippen LogP contribution in [-0.4, -0.2) is 61.9 Å². The van der Waals surface area contributed by atoms with Crippen LogP contribution in [0.4, 0.5) is 0 Å². The number of amides is 2. The summed E-state index contributed by atoms with van der Waals surface area (Å²) >= 11 is 0. The Morgan fingerprint density at radius 2 is 2.04 bits per heavy atom. The highest BCUT2D eigenvalue weighted by atomic mass is 16.5. The lowest BCUT2D eigenvalue weighted by atomic mass is 9.90. The molecular weight excluding hydrogens is 310 g/mol. The van der Waals surface area contributed by atoms with E-state index in [1.807, 2.05) is 25.9 Å². The highest BCUT2D eigenvalue weighted by molar-refractivity contribution is 5.91. The Hall–Kier alpha value is -1.47. The predicted molar refractivity (Wildman–Crippen MR) is 91.2 cm³/mol. The van der Waals surface area contributed by atoms with Crippen molar-refractivity contribution < 1.29 is 19.1 Å². The zero-order valence-corrected chi connectivity index (χ0v) is 15.2. The summed E-state index contributed by atoms with van der Waals surface area (Å²) in [6.45, 7) is 4.62. The summed E-state index contributed by atoms with van der Waals surface area (Å²) in [7, 11) is 3.91. The number of hydrogen-bond donors (Lipinski definition) is 2. The lowest BCUT2D eigenvalue weighted by Gasteiger charge is -2.21. The Balaban J connectivity index is 2.37. The van der Waals surface area contributed by atoms with Crippen molar-refractivity contribution >= 4 is 17.6 Å². The van der Waals surface area contributed by atoms with Gasteiger partial charge < -0.3 is 20.7 Å². The molecule has 1 rings (SSSR count). The van der Waals surface area contributed by atoms with Gasteiger partial charge in [-0.15, -0.1) is 0 Å². The van der Waals surface area contributed by atoms with Crippen LogP contribution in [0.1, 0.15) is 39.5 Å². The molecule has 1 aliphatic rings. The second-order valence-electron chi connectivity index (χ2n) is 7.01. The van der Waals surface area contributed by atoms with E-state index in [-0.39, 0.29) is 42.1 Å². The number of rotatable bonds is 10. The molecule has 2 amide bonds. The standard InChI is InChI=1S/C17H31N3O4/c1-11(12(2)17(18)23)6-5-7-15(22)19-16-13(21)10-24-14(16)8-9-20(3)4/h11-12,14,16H,5-10H2,1-4H3,(H2,18,23)(H,19,22). The van der Waals surface area contributed by atoms with Gasteiger partial charge in [0.05, 0.1) is 6.10 Å². The van der Waals surface area contributed by atoms with Crippen LogP contribution in [0, 0.1) is 11.8 Å². The summed E-state index contributed by atoms with van der Waals surface area (Å²) in [5, 5.41) is 2.80. The van der Waals surface area contributed by atoms with Gasteiger partial charge in [0.15, 0.2) is 5.78 Å². The molecule has 24 heavy (non-hydrogen) atoms. The summed E-state index contributed by atoms with van der Waals surface area (Å²) in [6, 6.07) is -0.542. The lowest BCUT2D eigenvalue weighted by Crippen LogP contribution is -2.45. The maximum absolute atomic E-state index is 12.1. The predicted octanol–water partition coefficient (Wildman–Crippen LogP) is 0.319. The number of carbonyl (C=O) groups is 3. The minimum atomic E-state index is -0.542. The van der Waals surface area contributed by atoms with Crippen LogP contribution in [-0.2, 0) is 19.1 Å². The molecular formula is C17H31N3O4. The molecule has 0 bridgehead atoms. The van der Waals surface area contributed by atoms with Crippen molar-refractivity contribution in [3.63, 3.8) is 0 Å². The van der Waals surface area contributed by atoms with Crippen molar-refractivity contribution in [2.75, 3.05) is 27.2 Å². The number of Topliss-reactive ketones (excluding diaryl/α,β-unsaturated/α-hetero) is 1. The Bertz CT molecular complexity index is 453. The minimum absolute atomic E-state index is 0.0657. The van der Waals surface area contributed by atoms with Gasteiger partial charge in [0.2, 0.25) is 11.8 Å². The molecule has 0 spiro atoms. The zero-order valence-electron chi connectivity index (χ0n) is 15.2. The molecule has 4 unspecified atom stereocenters. The topological polar surface area (TPSA) is 102 Å². The second kappa shape index (κ2) is 9.74. The maximum atomic E-state index is 12.1. The normalized spacial score (nSPS) is 23.3. The Morgan fingerprint density at radius 1 is 1.38 bits per heavy atom. The fourth-order valence-electron chi connectivity index (χ4n) is 2.75. The number of hydrogen-bond acceptors (Lipinski definition) is 5. The van der Waals surface area contributed by atoms with Crippen LogP contribution in [0.15, 0.2) is 0 Å². The van der Waals surface area contributed by atoms with Crippen LogP contribution >= 0.6 is 0 Å². The van der Waals surface area contributed by atoms with Crippen LogP contribution < -0.4 is 11.1 Å². The monoisotopic (exact) mass is 341 g/mol. The van der Waals surface area contributed by atoms with Crippen LogP contribution in [0.3, 0.4) is 0 Å². The van der Waals surface area contributed by atoms with Crippen molar-refractivity contribution in [1.82, 2.24) is 10.2 Å². The van der Waals surface area contributed by atoms with E-state index < -0.39 is 6.04 Å². The highest BCUT2D eigenvalue weighted by Gasteiger charge is 2.36. The van der Waals surface area contributed by atoms with Gasteiger partial charge in [-0.1, -0.05) is 13.8 Å². The Morgan fingerprint density at radius 3 is 2.62 bits per heavy atom. The van der Waals surface area contributed by atoms with Gasteiger partial charge in [-0.2, -0.15) is 0 Å². The average Bonchev–Trinajstić information content (AvgIpc) is 2.84. The largest absolute Gasteiger partial charge is 0.369 e. The summed E-state index contributed by atoms with van der Waals surface area (Å²) in [4.78, 5) is 37.2. The lowest BCUT2D eigenvalue weighted by molar-refractivity contribution is -0.126. The number of nitrogens with one attached hydrogen (secondary N) is 1. The third-order valence-electron chi connectivity index (χ3n) is 4.70. The Kier molecular flexibility index (Phi) is 8.35. The van der Waals surface area contributed by atoms with Crippen LogP contribution in [0.5, 0.6) is 0 Å². The van der Waals surface area contributed by atoms with Crippen molar-refractivity contribution in [2.45, 2.75) is 51.7 Å². The quantitative estimate of drug-likeness (QED) is 0.596. The summed E-state index contributed by atoms with van der Waals surface area (Å²) in [6.07, 6.45) is 2.19. The minimum Gasteiger partial charge on any atom is -0.369 e. The van der Waals surface area contributed by atoms with Gasteiger partial charge in [0, 0.05) is 18.9 Å². The molecule has 0 aliphatic carbocycles. The highest BCUT2D eigenvalue weighted by Crippen LogP contribution is 2.18. The molecule has 1 fully saturated rings. The van der Waals surface area contributed by atoms with E-state index in [1.165, 1.54) is 0 Å². The molecule has 1 aliphatic heterocycles. The van der Waals surface area contributed by atoms with Gasteiger partial charge >= 0.3 is 0 Å². The SMILES string of the molecule is CC(CCCC(=O)NC1C(=O)COC1CCN(C)C)C(C)C(N)=O. The zero-order chi connectivity index (χ0) is 18.3. The fourth-order valence-corrected chi connectivity index (χ4v) is 2.75. The fraction of sp³-hybridized carbons (Fsp3) is 0.824. The molecule has 7 nitrogen and oxygen atoms in total. The second-order valence-corrected chi connectivity index (χ2v) is 7.01. The van der Waals surface area contributed by atoms with Crippen LogP contribution in [0.2, 0.25) is 0 Å². The Labute approximate surface area is 144 Å². The first-order valence-corrected chi connectivity index (χ1v) is 8.60. The van der Waals surface area contributed by atoms with Crippen molar-refractivity contribution in [1.29, 1.82) is 0 Å². The van der Waals surface area contributed by atoms with Gasteiger partial charge in [-0.05, 0) is 39.3 Å². The number of ether oxygens (including phenoxy) is 1. The van der Waals surface area contributed by atoms with Gasteiger partial charge in [-0.25, -0.2) is 0 Å². The molecule has 138 valence electrons. The molecule has 0 radical (unpaired) electrons. The number of carbonyl (C=O) groups excluding carboxylic acids is 3. The summed E-state index contributed by atoms with van der Waals surface area (Å²) in [5.74, 6) is -0.590. The van der Waals surface area contributed by atoms with Crippen molar-refractivity contribution in [2.24, 2.45) is 17.6 Å². The number of nitrogens with two attached hydrogens (primary N) is 1. The smallest absolute Gasteiger partial charge is 0.220 e.